The Bertz CT molecular complexity index is 1050. The van der Waals surface area contributed by atoms with Gasteiger partial charge < -0.3 is 10.6 Å². The summed E-state index contributed by atoms with van der Waals surface area (Å²) in [7, 11) is 0. The predicted molar refractivity (Wildman–Crippen MR) is 129 cm³/mol. The molecule has 0 heterocycles. The van der Waals surface area contributed by atoms with Gasteiger partial charge in [-0.05, 0) is 70.2 Å². The zero-order valence-electron chi connectivity index (χ0n) is 17.0. The minimum atomic E-state index is 0. The number of hydrogen-bond donors (Lipinski definition) is 2. The topological polar surface area (TPSA) is 24.1 Å². The lowest BCUT2D eigenvalue weighted by Crippen LogP contribution is -2.33. The molecule has 5 rings (SSSR count). The Labute approximate surface area is 179 Å². The molecule has 0 bridgehead atoms. The Morgan fingerprint density at radius 2 is 1.41 bits per heavy atom. The molecule has 152 valence electrons. The van der Waals surface area contributed by atoms with E-state index in [4.69, 9.17) is 0 Å². The molecule has 0 radical (unpaired) electrons. The summed E-state index contributed by atoms with van der Waals surface area (Å²) in [5.41, 5.74) is 1.41. The first-order chi connectivity index (χ1) is 13.9. The highest BCUT2D eigenvalue weighted by atomic mass is 35.5. The van der Waals surface area contributed by atoms with Crippen LogP contribution in [0.1, 0.15) is 44.1 Å². The molecule has 0 aromatic heterocycles. The van der Waals surface area contributed by atoms with Crippen LogP contribution in [0.5, 0.6) is 0 Å². The fourth-order valence-electron chi connectivity index (χ4n) is 5.00. The van der Waals surface area contributed by atoms with Crippen molar-refractivity contribution in [2.24, 2.45) is 0 Å². The summed E-state index contributed by atoms with van der Waals surface area (Å²) in [6.45, 7) is 3.15. The standard InChI is InChI=1S/C26H30N2.ClH/c1-2-8-23(9-3-1)28-17-5-16-27-18-22-13-12-21-11-10-19-6-4-7-20-14-15-24(22)26(21)25(19)20;/h4,6-7,10-15,23,27-28H,1-3,5,8-9,16-18H2;1H. The zero-order chi connectivity index (χ0) is 18.8. The van der Waals surface area contributed by atoms with Gasteiger partial charge in [-0.3, -0.25) is 0 Å². The summed E-state index contributed by atoms with van der Waals surface area (Å²) >= 11 is 0. The van der Waals surface area contributed by atoms with Gasteiger partial charge in [0.1, 0.15) is 0 Å². The van der Waals surface area contributed by atoms with Crippen LogP contribution < -0.4 is 10.6 Å². The van der Waals surface area contributed by atoms with Crippen molar-refractivity contribution in [2.45, 2.75) is 51.1 Å². The van der Waals surface area contributed by atoms with E-state index in [1.807, 2.05) is 0 Å². The van der Waals surface area contributed by atoms with Gasteiger partial charge in [0.05, 0.1) is 0 Å². The quantitative estimate of drug-likeness (QED) is 0.274. The van der Waals surface area contributed by atoms with Gasteiger partial charge in [0.15, 0.2) is 0 Å². The van der Waals surface area contributed by atoms with Gasteiger partial charge in [-0.2, -0.15) is 0 Å². The van der Waals surface area contributed by atoms with Crippen LogP contribution >= 0.6 is 12.4 Å². The number of hydrogen-bond acceptors (Lipinski definition) is 2. The van der Waals surface area contributed by atoms with E-state index in [0.29, 0.717) is 0 Å². The van der Waals surface area contributed by atoms with Crippen molar-refractivity contribution >= 4 is 44.7 Å². The molecule has 0 spiro atoms. The lowest BCUT2D eigenvalue weighted by atomic mass is 9.92. The van der Waals surface area contributed by atoms with Crippen LogP contribution in [-0.2, 0) is 6.54 Å². The number of rotatable bonds is 7. The van der Waals surface area contributed by atoms with E-state index < -0.39 is 0 Å². The second-order valence-corrected chi connectivity index (χ2v) is 8.40. The SMILES string of the molecule is Cl.c1cc2ccc3ccc(CNCCCNC4CCCCC4)c4ccc(c1)c2c34. The molecule has 0 atom stereocenters. The van der Waals surface area contributed by atoms with Crippen LogP contribution in [0.2, 0.25) is 0 Å². The van der Waals surface area contributed by atoms with E-state index in [2.05, 4.69) is 65.2 Å². The Hall–Kier alpha value is -1.87. The number of halogens is 1. The smallest absolute Gasteiger partial charge is 0.0211 e. The Morgan fingerprint density at radius 1 is 0.724 bits per heavy atom. The third-order valence-corrected chi connectivity index (χ3v) is 6.50. The van der Waals surface area contributed by atoms with E-state index in [1.54, 1.807) is 0 Å². The molecule has 4 aromatic rings. The predicted octanol–water partition coefficient (Wildman–Crippen LogP) is 6.41. The van der Waals surface area contributed by atoms with Crippen molar-refractivity contribution in [1.82, 2.24) is 10.6 Å². The van der Waals surface area contributed by atoms with Crippen molar-refractivity contribution in [3.05, 3.63) is 60.2 Å². The average molecular weight is 407 g/mol. The lowest BCUT2D eigenvalue weighted by molar-refractivity contribution is 0.371. The van der Waals surface area contributed by atoms with Crippen molar-refractivity contribution in [1.29, 1.82) is 0 Å². The van der Waals surface area contributed by atoms with Gasteiger partial charge in [-0.25, -0.2) is 0 Å². The van der Waals surface area contributed by atoms with E-state index in [0.717, 1.165) is 25.7 Å². The minimum absolute atomic E-state index is 0. The average Bonchev–Trinajstić information content (AvgIpc) is 2.76. The van der Waals surface area contributed by atoms with Crippen LogP contribution in [0.15, 0.2) is 54.6 Å². The molecule has 1 aliphatic rings. The van der Waals surface area contributed by atoms with Gasteiger partial charge in [-0.1, -0.05) is 73.9 Å². The Morgan fingerprint density at radius 3 is 2.21 bits per heavy atom. The maximum Gasteiger partial charge on any atom is 0.0211 e. The van der Waals surface area contributed by atoms with E-state index >= 15 is 0 Å². The molecule has 0 amide bonds. The Balaban J connectivity index is 0.00000205. The first-order valence-corrected chi connectivity index (χ1v) is 11.0. The normalized spacial score (nSPS) is 15.3. The third-order valence-electron chi connectivity index (χ3n) is 6.50. The highest BCUT2D eigenvalue weighted by Gasteiger charge is 2.12. The maximum absolute atomic E-state index is 3.74. The highest BCUT2D eigenvalue weighted by Crippen LogP contribution is 2.35. The van der Waals surface area contributed by atoms with Crippen molar-refractivity contribution in [3.63, 3.8) is 0 Å². The molecule has 4 aromatic carbocycles. The molecule has 3 heteroatoms. The van der Waals surface area contributed by atoms with Crippen LogP contribution in [0.25, 0.3) is 32.3 Å². The zero-order valence-corrected chi connectivity index (χ0v) is 17.9. The van der Waals surface area contributed by atoms with Gasteiger partial charge in [-0.15, -0.1) is 12.4 Å². The summed E-state index contributed by atoms with van der Waals surface area (Å²) in [5, 5.41) is 15.7. The number of nitrogens with one attached hydrogen (secondary N) is 2. The summed E-state index contributed by atoms with van der Waals surface area (Å²) < 4.78 is 0. The number of benzene rings is 4. The van der Waals surface area contributed by atoms with Gasteiger partial charge in [0, 0.05) is 12.6 Å². The van der Waals surface area contributed by atoms with Crippen LogP contribution in [0.4, 0.5) is 0 Å². The molecular weight excluding hydrogens is 376 g/mol. The van der Waals surface area contributed by atoms with Crippen molar-refractivity contribution in [2.75, 3.05) is 13.1 Å². The second kappa shape index (κ2) is 9.30. The van der Waals surface area contributed by atoms with Crippen molar-refractivity contribution in [3.8, 4) is 0 Å². The molecule has 2 N–H and O–H groups in total. The summed E-state index contributed by atoms with van der Waals surface area (Å²) in [4.78, 5) is 0. The molecule has 1 aliphatic carbocycles. The monoisotopic (exact) mass is 406 g/mol. The molecule has 29 heavy (non-hydrogen) atoms. The van der Waals surface area contributed by atoms with Gasteiger partial charge >= 0.3 is 0 Å². The first kappa shape index (κ1) is 20.4. The van der Waals surface area contributed by atoms with E-state index in [1.165, 1.54) is 76.4 Å². The largest absolute Gasteiger partial charge is 0.314 e. The summed E-state index contributed by atoms with van der Waals surface area (Å²) in [5.74, 6) is 0. The lowest BCUT2D eigenvalue weighted by Gasteiger charge is -2.22. The highest BCUT2D eigenvalue weighted by molar-refractivity contribution is 6.23. The second-order valence-electron chi connectivity index (χ2n) is 8.40. The van der Waals surface area contributed by atoms with Gasteiger partial charge in [0.25, 0.3) is 0 Å². The van der Waals surface area contributed by atoms with E-state index in [9.17, 15) is 0 Å². The minimum Gasteiger partial charge on any atom is -0.314 e. The molecule has 1 saturated carbocycles. The molecule has 1 fully saturated rings. The first-order valence-electron chi connectivity index (χ1n) is 11.0. The molecule has 0 unspecified atom stereocenters. The van der Waals surface area contributed by atoms with Gasteiger partial charge in [0.2, 0.25) is 0 Å². The molecule has 2 nitrogen and oxygen atoms in total. The maximum atomic E-state index is 3.74. The third kappa shape index (κ3) is 4.21. The molecular formula is C26H31ClN2. The molecule has 0 aliphatic heterocycles. The summed E-state index contributed by atoms with van der Waals surface area (Å²) in [6.07, 6.45) is 8.18. The molecule has 0 saturated heterocycles. The van der Waals surface area contributed by atoms with E-state index in [-0.39, 0.29) is 12.4 Å². The van der Waals surface area contributed by atoms with Crippen LogP contribution in [0.3, 0.4) is 0 Å². The van der Waals surface area contributed by atoms with Crippen molar-refractivity contribution < 1.29 is 0 Å². The fraction of sp³-hybridized carbons (Fsp3) is 0.385. The van der Waals surface area contributed by atoms with Crippen LogP contribution in [0, 0.1) is 0 Å². The Kier molecular flexibility index (Phi) is 6.54. The fourth-order valence-corrected chi connectivity index (χ4v) is 5.00. The van der Waals surface area contributed by atoms with Crippen LogP contribution in [-0.4, -0.2) is 19.1 Å². The summed E-state index contributed by atoms with van der Waals surface area (Å²) in [6, 6.07) is 21.1.